The summed E-state index contributed by atoms with van der Waals surface area (Å²) in [6.07, 6.45) is 22.9. The van der Waals surface area contributed by atoms with E-state index < -0.39 is 0 Å². The molecule has 8 aromatic rings. The molecule has 12 heterocycles. The first-order chi connectivity index (χ1) is 32.4. The number of aromatic nitrogens is 14. The third-order valence-corrected chi connectivity index (χ3v) is 12.8. The molecule has 12 rings (SSSR count). The summed E-state index contributed by atoms with van der Waals surface area (Å²) in [5, 5.41) is 8.72. The number of hydrogen-bond acceptors (Lipinski definition) is 14. The smallest absolute Gasteiger partial charge is 0.178 e. The van der Waals surface area contributed by atoms with Crippen LogP contribution in [0, 0.1) is 0 Å². The third kappa shape index (κ3) is 7.68. The fraction of sp³-hybridized carbons (Fsp3) is 0.375. The van der Waals surface area contributed by atoms with Gasteiger partial charge in [0.1, 0.15) is 72.0 Å². The Bertz CT molecular complexity index is 2760. The zero-order valence-electron chi connectivity index (χ0n) is 37.6. The van der Waals surface area contributed by atoms with Gasteiger partial charge in [0.15, 0.2) is 11.6 Å². The van der Waals surface area contributed by atoms with E-state index in [1.807, 2.05) is 58.9 Å². The molecule has 2 saturated heterocycles. The SMILES string of the molecule is CC(C)n1ncnc1-c1cn2c(n1)-c1cnc(N3CCC[C@@H]3c3ccncc3)cc1OCC2.CC(C)n1ncnc1-c1cn2c(n1)-c1cnc(N3CCC[C@H]3c3ccncc3)cc1OCC2. The first-order valence-corrected chi connectivity index (χ1v) is 22.9. The van der Waals surface area contributed by atoms with Gasteiger partial charge in [-0.05, 0) is 88.8 Å². The Morgan fingerprint density at radius 2 is 0.985 bits per heavy atom. The maximum Gasteiger partial charge on any atom is 0.178 e. The number of pyridine rings is 4. The minimum absolute atomic E-state index is 0.206. The second kappa shape index (κ2) is 17.5. The summed E-state index contributed by atoms with van der Waals surface area (Å²) in [5.41, 5.74) is 5.97. The van der Waals surface area contributed by atoms with Gasteiger partial charge in [-0.15, -0.1) is 0 Å². The fourth-order valence-corrected chi connectivity index (χ4v) is 9.64. The van der Waals surface area contributed by atoms with Crippen LogP contribution < -0.4 is 19.3 Å². The Labute approximate surface area is 382 Å². The van der Waals surface area contributed by atoms with Crippen molar-refractivity contribution in [3.05, 3.63) is 110 Å². The average molecular weight is 885 g/mol. The fourth-order valence-electron chi connectivity index (χ4n) is 9.64. The second-order valence-electron chi connectivity index (χ2n) is 17.6. The number of ether oxygens (including phenoxy) is 2. The monoisotopic (exact) mass is 884 g/mol. The van der Waals surface area contributed by atoms with E-state index in [0.717, 1.165) is 108 Å². The highest BCUT2D eigenvalue weighted by Gasteiger charge is 2.31. The Balaban J connectivity index is 0.000000146. The van der Waals surface area contributed by atoms with Crippen molar-refractivity contribution in [1.29, 1.82) is 0 Å². The maximum atomic E-state index is 6.15. The maximum absolute atomic E-state index is 6.15. The van der Waals surface area contributed by atoms with Crippen molar-refractivity contribution in [2.45, 2.75) is 90.6 Å². The highest BCUT2D eigenvalue weighted by Crippen LogP contribution is 2.42. The van der Waals surface area contributed by atoms with Gasteiger partial charge >= 0.3 is 0 Å². The van der Waals surface area contributed by atoms with Gasteiger partial charge in [0.2, 0.25) is 0 Å². The first kappa shape index (κ1) is 41.2. The Morgan fingerprint density at radius 3 is 1.41 bits per heavy atom. The van der Waals surface area contributed by atoms with Crippen LogP contribution in [0.2, 0.25) is 0 Å². The molecule has 0 spiro atoms. The molecule has 66 heavy (non-hydrogen) atoms. The summed E-state index contributed by atoms with van der Waals surface area (Å²) < 4.78 is 20.3. The summed E-state index contributed by atoms with van der Waals surface area (Å²) >= 11 is 0. The van der Waals surface area contributed by atoms with E-state index in [1.165, 1.54) is 11.1 Å². The van der Waals surface area contributed by atoms with Crippen LogP contribution in [0.1, 0.15) is 88.7 Å². The van der Waals surface area contributed by atoms with Crippen LogP contribution in [0.4, 0.5) is 11.6 Å². The summed E-state index contributed by atoms with van der Waals surface area (Å²) in [6, 6.07) is 13.5. The number of hydrogen-bond donors (Lipinski definition) is 0. The molecule has 18 nitrogen and oxygen atoms in total. The molecule has 0 radical (unpaired) electrons. The molecule has 2 fully saturated rings. The van der Waals surface area contributed by atoms with Crippen LogP contribution in [0.5, 0.6) is 11.5 Å². The lowest BCUT2D eigenvalue weighted by Gasteiger charge is -2.26. The number of imidazole rings is 2. The molecule has 0 N–H and O–H groups in total. The third-order valence-electron chi connectivity index (χ3n) is 12.8. The molecular weight excluding hydrogens is 833 g/mol. The van der Waals surface area contributed by atoms with E-state index in [-0.39, 0.29) is 12.1 Å². The van der Waals surface area contributed by atoms with Gasteiger partial charge in [0.25, 0.3) is 0 Å². The predicted molar refractivity (Wildman–Crippen MR) is 248 cm³/mol. The van der Waals surface area contributed by atoms with Crippen LogP contribution in [-0.2, 0) is 13.1 Å². The topological polar surface area (TPSA) is 174 Å². The average Bonchev–Trinajstić information content (AvgIpc) is 4.21. The van der Waals surface area contributed by atoms with Crippen LogP contribution in [0.3, 0.4) is 0 Å². The van der Waals surface area contributed by atoms with Crippen LogP contribution in [0.25, 0.3) is 45.8 Å². The molecule has 0 bridgehead atoms. The molecule has 2 atom stereocenters. The molecule has 0 saturated carbocycles. The molecule has 336 valence electrons. The van der Waals surface area contributed by atoms with Gasteiger partial charge < -0.3 is 28.4 Å². The number of fused-ring (bicyclic) bond motifs is 6. The van der Waals surface area contributed by atoms with Gasteiger partial charge in [-0.1, -0.05) is 0 Å². The van der Waals surface area contributed by atoms with Crippen molar-refractivity contribution in [1.82, 2.24) is 68.6 Å². The number of rotatable bonds is 8. The summed E-state index contributed by atoms with van der Waals surface area (Å²) in [6.45, 7) is 12.9. The molecule has 0 unspecified atom stereocenters. The predicted octanol–water partition coefficient (Wildman–Crippen LogP) is 7.83. The molecule has 18 heteroatoms. The largest absolute Gasteiger partial charge is 0.491 e. The zero-order chi connectivity index (χ0) is 44.7. The summed E-state index contributed by atoms with van der Waals surface area (Å²) in [5.74, 6) is 6.76. The lowest BCUT2D eigenvalue weighted by Crippen LogP contribution is -2.23. The normalized spacial score (nSPS) is 17.5. The zero-order valence-corrected chi connectivity index (χ0v) is 37.6. The molecule has 0 aromatic carbocycles. The van der Waals surface area contributed by atoms with Crippen molar-refractivity contribution < 1.29 is 9.47 Å². The van der Waals surface area contributed by atoms with Crippen molar-refractivity contribution in [2.75, 3.05) is 36.1 Å². The molecule has 0 amide bonds. The van der Waals surface area contributed by atoms with Crippen molar-refractivity contribution in [3.63, 3.8) is 0 Å². The van der Waals surface area contributed by atoms with Crippen molar-refractivity contribution in [2.24, 2.45) is 0 Å². The lowest BCUT2D eigenvalue weighted by atomic mass is 10.1. The standard InChI is InChI=1S/2C24H26N8O/c2*1-16(2)32-24(27-15-28-32)19-14-30-10-11-33-21-12-22(26-13-18(21)23(30)29-19)31-9-3-4-20(31)17-5-7-25-8-6-17/h2*5-8,12-16,20H,3-4,9-11H2,1-2H3/t2*20-/m10/s1. The van der Waals surface area contributed by atoms with E-state index in [4.69, 9.17) is 29.4 Å². The van der Waals surface area contributed by atoms with E-state index in [2.05, 4.69) is 113 Å². The van der Waals surface area contributed by atoms with Gasteiger partial charge in [0, 0.05) is 86.9 Å². The number of anilines is 2. The Hall–Kier alpha value is -7.50. The molecule has 4 aliphatic heterocycles. The van der Waals surface area contributed by atoms with Gasteiger partial charge in [-0.25, -0.2) is 39.3 Å². The highest BCUT2D eigenvalue weighted by molar-refractivity contribution is 5.71. The van der Waals surface area contributed by atoms with Crippen LogP contribution in [0.15, 0.2) is 98.6 Å². The van der Waals surface area contributed by atoms with Gasteiger partial charge in [0.05, 0.1) is 36.3 Å². The van der Waals surface area contributed by atoms with Gasteiger partial charge in [-0.3, -0.25) is 9.97 Å². The molecule has 0 aliphatic carbocycles. The van der Waals surface area contributed by atoms with E-state index in [1.54, 1.807) is 12.7 Å². The first-order valence-electron chi connectivity index (χ1n) is 22.9. The quantitative estimate of drug-likeness (QED) is 0.144. The molecule has 4 aliphatic rings. The number of nitrogens with zero attached hydrogens (tertiary/aromatic N) is 16. The van der Waals surface area contributed by atoms with Crippen molar-refractivity contribution in [3.8, 4) is 57.3 Å². The van der Waals surface area contributed by atoms with Gasteiger partial charge in [-0.2, -0.15) is 10.2 Å². The molecular formula is C48H52N16O2. The van der Waals surface area contributed by atoms with Crippen LogP contribution >= 0.6 is 0 Å². The summed E-state index contributed by atoms with van der Waals surface area (Å²) in [7, 11) is 0. The Morgan fingerprint density at radius 1 is 0.545 bits per heavy atom. The molecule has 8 aromatic heterocycles. The van der Waals surface area contributed by atoms with E-state index in [9.17, 15) is 0 Å². The van der Waals surface area contributed by atoms with Crippen LogP contribution in [-0.4, -0.2) is 94.9 Å². The highest BCUT2D eigenvalue weighted by atomic mass is 16.5. The van der Waals surface area contributed by atoms with Crippen molar-refractivity contribution >= 4 is 11.6 Å². The van der Waals surface area contributed by atoms with E-state index in [0.29, 0.717) is 38.4 Å². The van der Waals surface area contributed by atoms with E-state index >= 15 is 0 Å². The lowest BCUT2D eigenvalue weighted by molar-refractivity contribution is 0.306. The minimum atomic E-state index is 0.206. The summed E-state index contributed by atoms with van der Waals surface area (Å²) in [4.78, 5) is 41.5. The second-order valence-corrected chi connectivity index (χ2v) is 17.6. The minimum Gasteiger partial charge on any atom is -0.491 e. The Kier molecular flexibility index (Phi) is 10.9.